The van der Waals surface area contributed by atoms with Gasteiger partial charge in [0, 0.05) is 18.3 Å². The predicted molar refractivity (Wildman–Crippen MR) is 45.5 cm³/mol. The molecule has 0 aliphatic heterocycles. The van der Waals surface area contributed by atoms with Crippen molar-refractivity contribution in [1.82, 2.24) is 4.98 Å². The molecule has 1 rings (SSSR count). The summed E-state index contributed by atoms with van der Waals surface area (Å²) >= 11 is 5.50. The molecule has 0 radical (unpaired) electrons. The number of nitrogen functional groups attached to an aromatic ring is 1. The Labute approximate surface area is 70.8 Å². The molecule has 0 fully saturated rings. The monoisotopic (exact) mass is 178 g/mol. The number of nitrogens with zero attached hydrogens (tertiary/aromatic N) is 1. The van der Waals surface area contributed by atoms with E-state index in [1.165, 1.54) is 0 Å². The lowest BCUT2D eigenvalue weighted by Crippen LogP contribution is -1.87. The molecule has 56 valence electrons. The highest BCUT2D eigenvalue weighted by Crippen LogP contribution is 2.05. The topological polar surface area (TPSA) is 38.9 Å². The van der Waals surface area contributed by atoms with Crippen LogP contribution in [-0.2, 0) is 5.88 Å². The number of alkyl halides is 1. The van der Waals surface area contributed by atoms with Gasteiger partial charge >= 0.3 is 0 Å². The maximum atomic E-state index is 5.50. The normalized spacial score (nSPS) is 8.50. The molecule has 0 aliphatic rings. The third-order valence-electron chi connectivity index (χ3n) is 0.970. The quantitative estimate of drug-likeness (QED) is 0.667. The van der Waals surface area contributed by atoms with Gasteiger partial charge in [-0.15, -0.1) is 24.0 Å². The van der Waals surface area contributed by atoms with Crippen LogP contribution in [0.25, 0.3) is 0 Å². The molecule has 1 aromatic rings. The van der Waals surface area contributed by atoms with Crippen LogP contribution in [0.5, 0.6) is 0 Å². The molecule has 0 saturated carbocycles. The molecule has 2 nitrogen and oxygen atoms in total. The van der Waals surface area contributed by atoms with Crippen molar-refractivity contribution in [2.24, 2.45) is 0 Å². The first-order valence-electron chi connectivity index (χ1n) is 2.58. The van der Waals surface area contributed by atoms with E-state index in [-0.39, 0.29) is 12.4 Å². The predicted octanol–water partition coefficient (Wildman–Crippen LogP) is 1.82. The van der Waals surface area contributed by atoms with Crippen LogP contribution in [-0.4, -0.2) is 4.98 Å². The molecule has 4 heteroatoms. The van der Waals surface area contributed by atoms with Crippen LogP contribution in [0.1, 0.15) is 5.56 Å². The Bertz CT molecular complexity index is 203. The molecule has 0 unspecified atom stereocenters. The van der Waals surface area contributed by atoms with E-state index in [4.69, 9.17) is 17.3 Å². The second-order valence-electron chi connectivity index (χ2n) is 1.76. The Morgan fingerprint density at radius 1 is 1.50 bits per heavy atom. The molecule has 0 amide bonds. The van der Waals surface area contributed by atoms with Crippen LogP contribution in [0.4, 0.5) is 5.69 Å². The third kappa shape index (κ3) is 2.42. The second-order valence-corrected chi connectivity index (χ2v) is 2.03. The molecular formula is C6H8Cl2N2. The summed E-state index contributed by atoms with van der Waals surface area (Å²) in [7, 11) is 0. The first-order chi connectivity index (χ1) is 4.33. The number of pyridine rings is 1. The number of hydrogen-bond donors (Lipinski definition) is 1. The molecule has 0 bridgehead atoms. The van der Waals surface area contributed by atoms with Gasteiger partial charge in [-0.2, -0.15) is 0 Å². The smallest absolute Gasteiger partial charge is 0.0503 e. The summed E-state index contributed by atoms with van der Waals surface area (Å²) < 4.78 is 0. The average Bonchev–Trinajstić information content (AvgIpc) is 1.88. The van der Waals surface area contributed by atoms with Crippen LogP contribution in [0.3, 0.4) is 0 Å². The summed E-state index contributed by atoms with van der Waals surface area (Å²) in [6.45, 7) is 0. The van der Waals surface area contributed by atoms with E-state index >= 15 is 0 Å². The Hall–Kier alpha value is -0.470. The van der Waals surface area contributed by atoms with Gasteiger partial charge in [0.2, 0.25) is 0 Å². The highest BCUT2D eigenvalue weighted by molar-refractivity contribution is 6.17. The zero-order valence-electron chi connectivity index (χ0n) is 5.25. The summed E-state index contributed by atoms with van der Waals surface area (Å²) in [5, 5.41) is 0. The molecule has 10 heavy (non-hydrogen) atoms. The lowest BCUT2D eigenvalue weighted by Gasteiger charge is -1.93. The van der Waals surface area contributed by atoms with Crippen molar-refractivity contribution in [3.8, 4) is 0 Å². The number of anilines is 1. The van der Waals surface area contributed by atoms with E-state index < -0.39 is 0 Å². The zero-order chi connectivity index (χ0) is 6.69. The fraction of sp³-hybridized carbons (Fsp3) is 0.167. The van der Waals surface area contributed by atoms with Gasteiger partial charge in [0.25, 0.3) is 0 Å². The largest absolute Gasteiger partial charge is 0.397 e. The van der Waals surface area contributed by atoms with E-state index in [9.17, 15) is 0 Å². The van der Waals surface area contributed by atoms with Crippen LogP contribution in [0.15, 0.2) is 18.5 Å². The zero-order valence-corrected chi connectivity index (χ0v) is 6.82. The van der Waals surface area contributed by atoms with Gasteiger partial charge in [0.05, 0.1) is 5.69 Å². The lowest BCUT2D eigenvalue weighted by molar-refractivity contribution is 1.25. The first kappa shape index (κ1) is 9.53. The molecule has 0 aliphatic carbocycles. The van der Waals surface area contributed by atoms with Gasteiger partial charge in [0.1, 0.15) is 0 Å². The Balaban J connectivity index is 0.000000810. The highest BCUT2D eigenvalue weighted by Gasteiger charge is 1.88. The number of hydrogen-bond acceptors (Lipinski definition) is 2. The molecule has 0 aromatic carbocycles. The summed E-state index contributed by atoms with van der Waals surface area (Å²) in [6, 6.07) is 1.81. The van der Waals surface area contributed by atoms with Gasteiger partial charge < -0.3 is 5.73 Å². The molecule has 0 saturated heterocycles. The van der Waals surface area contributed by atoms with Crippen LogP contribution in [0, 0.1) is 0 Å². The second kappa shape index (κ2) is 4.36. The third-order valence-corrected chi connectivity index (χ3v) is 1.28. The molecule has 2 N–H and O–H groups in total. The number of rotatable bonds is 1. The van der Waals surface area contributed by atoms with E-state index in [1.807, 2.05) is 0 Å². The maximum absolute atomic E-state index is 5.50. The Morgan fingerprint density at radius 3 is 2.60 bits per heavy atom. The van der Waals surface area contributed by atoms with E-state index in [0.29, 0.717) is 11.6 Å². The average molecular weight is 179 g/mol. The van der Waals surface area contributed by atoms with Crippen molar-refractivity contribution < 1.29 is 0 Å². The van der Waals surface area contributed by atoms with Crippen LogP contribution >= 0.6 is 24.0 Å². The molecular weight excluding hydrogens is 171 g/mol. The molecule has 1 heterocycles. The molecule has 1 aromatic heterocycles. The SMILES string of the molecule is Cl.Nc1cncc(CCl)c1. The fourth-order valence-electron chi connectivity index (χ4n) is 0.581. The minimum atomic E-state index is 0. The summed E-state index contributed by atoms with van der Waals surface area (Å²) in [6.07, 6.45) is 3.29. The fourth-order valence-corrected chi connectivity index (χ4v) is 0.727. The first-order valence-corrected chi connectivity index (χ1v) is 3.12. The van der Waals surface area contributed by atoms with Gasteiger partial charge in [-0.05, 0) is 11.6 Å². The van der Waals surface area contributed by atoms with E-state index in [0.717, 1.165) is 5.56 Å². The summed E-state index contributed by atoms with van der Waals surface area (Å²) in [5.74, 6) is 0.470. The van der Waals surface area contributed by atoms with Crippen molar-refractivity contribution in [2.75, 3.05) is 5.73 Å². The van der Waals surface area contributed by atoms with E-state index in [1.54, 1.807) is 18.5 Å². The van der Waals surface area contributed by atoms with Crippen LogP contribution < -0.4 is 5.73 Å². The number of nitrogens with two attached hydrogens (primary N) is 1. The molecule has 0 spiro atoms. The molecule has 0 atom stereocenters. The van der Waals surface area contributed by atoms with Crippen molar-refractivity contribution in [2.45, 2.75) is 5.88 Å². The Kier molecular flexibility index (Phi) is 4.16. The van der Waals surface area contributed by atoms with Gasteiger partial charge in [0.15, 0.2) is 0 Å². The maximum Gasteiger partial charge on any atom is 0.0503 e. The van der Waals surface area contributed by atoms with E-state index in [2.05, 4.69) is 4.98 Å². The van der Waals surface area contributed by atoms with Gasteiger partial charge in [-0.25, -0.2) is 0 Å². The summed E-state index contributed by atoms with van der Waals surface area (Å²) in [4.78, 5) is 3.85. The number of aromatic nitrogens is 1. The Morgan fingerprint density at radius 2 is 2.20 bits per heavy atom. The number of halogens is 2. The lowest BCUT2D eigenvalue weighted by atomic mass is 10.3. The van der Waals surface area contributed by atoms with Gasteiger partial charge in [-0.3, -0.25) is 4.98 Å². The minimum Gasteiger partial charge on any atom is -0.397 e. The highest BCUT2D eigenvalue weighted by atomic mass is 35.5. The summed E-state index contributed by atoms with van der Waals surface area (Å²) in [5.41, 5.74) is 7.03. The van der Waals surface area contributed by atoms with Gasteiger partial charge in [-0.1, -0.05) is 0 Å². The van der Waals surface area contributed by atoms with Crippen molar-refractivity contribution >= 4 is 29.7 Å². The van der Waals surface area contributed by atoms with Crippen molar-refractivity contribution in [3.63, 3.8) is 0 Å². The standard InChI is InChI=1S/C6H7ClN2.ClH/c7-2-5-1-6(8)4-9-3-5;/h1,3-4H,2,8H2;1H. The van der Waals surface area contributed by atoms with Crippen LogP contribution in [0.2, 0.25) is 0 Å². The minimum absolute atomic E-state index is 0. The van der Waals surface area contributed by atoms with Crippen molar-refractivity contribution in [3.05, 3.63) is 24.0 Å². The van der Waals surface area contributed by atoms with Crippen molar-refractivity contribution in [1.29, 1.82) is 0 Å².